The number of nitrogens with zero attached hydrogens (tertiary/aromatic N) is 3. The minimum Gasteiger partial charge on any atom is -0.846 e. The summed E-state index contributed by atoms with van der Waals surface area (Å²) in [7, 11) is 0. The molecule has 3 aromatic rings. The van der Waals surface area contributed by atoms with Gasteiger partial charge in [-0.2, -0.15) is 0 Å². The van der Waals surface area contributed by atoms with E-state index in [0.717, 1.165) is 35.3 Å². The van der Waals surface area contributed by atoms with Gasteiger partial charge in [0.05, 0.1) is 24.1 Å². The second kappa shape index (κ2) is 4.08. The summed E-state index contributed by atoms with van der Waals surface area (Å²) in [5, 5.41) is 22.4. The highest BCUT2D eigenvalue weighted by molar-refractivity contribution is 5.73. The summed E-state index contributed by atoms with van der Waals surface area (Å²) in [5.74, 6) is -0.0410. The number of aryl methyl sites for hydroxylation is 2. The molecule has 5 nitrogen and oxygen atoms in total. The van der Waals surface area contributed by atoms with E-state index in [0.29, 0.717) is 18.7 Å². The van der Waals surface area contributed by atoms with E-state index in [-0.39, 0.29) is 5.88 Å². The first-order chi connectivity index (χ1) is 10.7. The number of hydrogen-bond donors (Lipinski definition) is 1. The predicted octanol–water partition coefficient (Wildman–Crippen LogP) is 0.378. The smallest absolute Gasteiger partial charge is 0.239 e. The molecule has 110 valence electrons. The molecule has 0 radical (unpaired) electrons. The van der Waals surface area contributed by atoms with Crippen LogP contribution in [0, 0.1) is 0 Å². The van der Waals surface area contributed by atoms with Crippen molar-refractivity contribution in [2.24, 2.45) is 0 Å². The van der Waals surface area contributed by atoms with Crippen molar-refractivity contribution in [3.63, 3.8) is 0 Å². The topological polar surface area (TPSA) is 65.2 Å². The molecule has 1 N–H and O–H groups in total. The Morgan fingerprint density at radius 2 is 2.14 bits per heavy atom. The predicted molar refractivity (Wildman–Crippen MR) is 77.4 cm³/mol. The SMILES string of the molecule is [O-]c1c2n(c3c4c(nc[n+]13)-c1ccccc1CC4)CC(O)C2. The van der Waals surface area contributed by atoms with Crippen molar-refractivity contribution < 1.29 is 14.6 Å². The van der Waals surface area contributed by atoms with E-state index in [1.54, 1.807) is 10.7 Å². The summed E-state index contributed by atoms with van der Waals surface area (Å²) >= 11 is 0. The lowest BCUT2D eigenvalue weighted by atomic mass is 9.89. The maximum absolute atomic E-state index is 12.5. The maximum Gasteiger partial charge on any atom is 0.239 e. The zero-order chi connectivity index (χ0) is 14.8. The molecule has 1 aliphatic heterocycles. The second-order valence-electron chi connectivity index (χ2n) is 6.14. The van der Waals surface area contributed by atoms with Gasteiger partial charge in [0, 0.05) is 12.0 Å². The third kappa shape index (κ3) is 1.41. The molecule has 0 saturated heterocycles. The van der Waals surface area contributed by atoms with Gasteiger partial charge in [0.1, 0.15) is 5.69 Å². The Kier molecular flexibility index (Phi) is 2.26. The van der Waals surface area contributed by atoms with Crippen molar-refractivity contribution in [2.45, 2.75) is 31.9 Å². The largest absolute Gasteiger partial charge is 0.846 e. The van der Waals surface area contributed by atoms with Gasteiger partial charge in [0.15, 0.2) is 5.69 Å². The van der Waals surface area contributed by atoms with Gasteiger partial charge in [-0.3, -0.25) is 4.57 Å². The molecule has 1 aliphatic carbocycles. The highest BCUT2D eigenvalue weighted by Crippen LogP contribution is 2.35. The molecule has 22 heavy (non-hydrogen) atoms. The fraction of sp³-hybridized carbons (Fsp3) is 0.294. The lowest BCUT2D eigenvalue weighted by molar-refractivity contribution is -0.586. The second-order valence-corrected chi connectivity index (χ2v) is 6.14. The molecular weight excluding hydrogens is 278 g/mol. The van der Waals surface area contributed by atoms with Crippen LogP contribution in [0.3, 0.4) is 0 Å². The molecule has 1 atom stereocenters. The van der Waals surface area contributed by atoms with Crippen LogP contribution >= 0.6 is 0 Å². The molecule has 0 saturated carbocycles. The lowest BCUT2D eigenvalue weighted by Crippen LogP contribution is -2.29. The minimum absolute atomic E-state index is 0.0410. The first kappa shape index (κ1) is 12.2. The summed E-state index contributed by atoms with van der Waals surface area (Å²) in [4.78, 5) is 4.57. The number of hydrogen-bond acceptors (Lipinski definition) is 3. The number of aliphatic hydroxyl groups excluding tert-OH is 1. The average Bonchev–Trinajstić information content (AvgIpc) is 3.04. The monoisotopic (exact) mass is 293 g/mol. The Labute approximate surface area is 127 Å². The Morgan fingerprint density at radius 3 is 3.05 bits per heavy atom. The molecule has 0 spiro atoms. The number of aromatic nitrogens is 3. The maximum atomic E-state index is 12.5. The van der Waals surface area contributed by atoms with Crippen LogP contribution in [0.5, 0.6) is 5.88 Å². The van der Waals surface area contributed by atoms with E-state index in [9.17, 15) is 10.2 Å². The number of rotatable bonds is 0. The average molecular weight is 293 g/mol. The van der Waals surface area contributed by atoms with Crippen LogP contribution in [0.4, 0.5) is 0 Å². The Bertz CT molecular complexity index is 929. The third-order valence-corrected chi connectivity index (χ3v) is 4.87. The Morgan fingerprint density at radius 1 is 1.27 bits per heavy atom. The number of aliphatic hydroxyl groups is 1. The standard InChI is InChI=1S/C17H15N3O2/c21-11-7-14-17(22)20-9-18-15-12-4-2-1-3-10(12)5-6-13(15)16(20)19(14)8-11/h1-4,9,11,21H,5-8H2. The zero-order valence-corrected chi connectivity index (χ0v) is 12.0. The first-order valence-electron chi connectivity index (χ1n) is 7.62. The van der Waals surface area contributed by atoms with Gasteiger partial charge < -0.3 is 10.2 Å². The van der Waals surface area contributed by atoms with E-state index >= 15 is 0 Å². The van der Waals surface area contributed by atoms with Crippen molar-refractivity contribution >= 4 is 5.65 Å². The van der Waals surface area contributed by atoms with Crippen LogP contribution in [-0.4, -0.2) is 20.8 Å². The third-order valence-electron chi connectivity index (χ3n) is 4.87. The summed E-state index contributed by atoms with van der Waals surface area (Å²) in [5.41, 5.74) is 6.18. The van der Waals surface area contributed by atoms with Crippen molar-refractivity contribution in [1.29, 1.82) is 0 Å². The number of imidazole rings is 1. The quantitative estimate of drug-likeness (QED) is 0.609. The molecule has 5 heteroatoms. The van der Waals surface area contributed by atoms with Crippen molar-refractivity contribution in [1.82, 2.24) is 9.55 Å². The number of benzene rings is 1. The first-order valence-corrected chi connectivity index (χ1v) is 7.62. The van der Waals surface area contributed by atoms with Gasteiger partial charge in [-0.05, 0) is 18.4 Å². The summed E-state index contributed by atoms with van der Waals surface area (Å²) in [6.07, 6.45) is 3.46. The molecule has 1 aromatic carbocycles. The lowest BCUT2D eigenvalue weighted by Gasteiger charge is -2.16. The van der Waals surface area contributed by atoms with Crippen LogP contribution in [0.25, 0.3) is 16.9 Å². The van der Waals surface area contributed by atoms with Crippen LogP contribution < -0.4 is 9.51 Å². The Balaban J connectivity index is 1.87. The van der Waals surface area contributed by atoms with Crippen LogP contribution in [0.15, 0.2) is 30.6 Å². The van der Waals surface area contributed by atoms with Crippen LogP contribution in [0.1, 0.15) is 16.8 Å². The van der Waals surface area contributed by atoms with Gasteiger partial charge in [-0.25, -0.2) is 4.40 Å². The molecule has 0 fully saturated rings. The zero-order valence-electron chi connectivity index (χ0n) is 12.0. The minimum atomic E-state index is -0.451. The van der Waals surface area contributed by atoms with Gasteiger partial charge in [0.25, 0.3) is 0 Å². The van der Waals surface area contributed by atoms with E-state index in [1.807, 2.05) is 10.6 Å². The molecule has 0 amide bonds. The molecule has 5 rings (SSSR count). The van der Waals surface area contributed by atoms with Crippen molar-refractivity contribution in [3.05, 3.63) is 47.4 Å². The fourth-order valence-electron chi connectivity index (χ4n) is 3.91. The highest BCUT2D eigenvalue weighted by Gasteiger charge is 2.33. The van der Waals surface area contributed by atoms with Crippen LogP contribution in [-0.2, 0) is 25.8 Å². The van der Waals surface area contributed by atoms with Gasteiger partial charge in [0.2, 0.25) is 12.0 Å². The van der Waals surface area contributed by atoms with Crippen LogP contribution in [0.2, 0.25) is 0 Å². The molecule has 2 aromatic heterocycles. The summed E-state index contributed by atoms with van der Waals surface area (Å²) < 4.78 is 3.63. The molecule has 2 aliphatic rings. The molecule has 1 unspecified atom stereocenters. The molecule has 3 heterocycles. The van der Waals surface area contributed by atoms with Crippen molar-refractivity contribution in [2.75, 3.05) is 0 Å². The van der Waals surface area contributed by atoms with E-state index < -0.39 is 6.10 Å². The molecular formula is C17H15N3O2. The van der Waals surface area contributed by atoms with Gasteiger partial charge >= 0.3 is 0 Å². The number of fused-ring (bicyclic) bond motifs is 7. The summed E-state index contributed by atoms with van der Waals surface area (Å²) in [6, 6.07) is 8.32. The van der Waals surface area contributed by atoms with Gasteiger partial charge in [-0.1, -0.05) is 24.3 Å². The van der Waals surface area contributed by atoms with Gasteiger partial charge in [-0.15, -0.1) is 4.98 Å². The Hall–Kier alpha value is -2.40. The normalized spacial score (nSPS) is 19.0. The highest BCUT2D eigenvalue weighted by atomic mass is 16.3. The molecule has 0 bridgehead atoms. The van der Waals surface area contributed by atoms with E-state index in [1.165, 1.54) is 5.56 Å². The summed E-state index contributed by atoms with van der Waals surface area (Å²) in [6.45, 7) is 0.499. The van der Waals surface area contributed by atoms with E-state index in [2.05, 4.69) is 23.2 Å². The van der Waals surface area contributed by atoms with Crippen molar-refractivity contribution in [3.8, 4) is 17.1 Å². The van der Waals surface area contributed by atoms with E-state index in [4.69, 9.17) is 0 Å². The fourth-order valence-corrected chi connectivity index (χ4v) is 3.91.